The van der Waals surface area contributed by atoms with Gasteiger partial charge in [-0.15, -0.1) is 0 Å². The number of aliphatic hydroxyl groups is 5. The van der Waals surface area contributed by atoms with Gasteiger partial charge in [0.25, 0.3) is 5.79 Å². The molecule has 5 atom stereocenters. The van der Waals surface area contributed by atoms with E-state index in [0.717, 1.165) is 0 Å². The van der Waals surface area contributed by atoms with E-state index in [1.165, 1.54) is 6.08 Å². The molecule has 1 aliphatic heterocycles. The summed E-state index contributed by atoms with van der Waals surface area (Å²) in [6.07, 6.45) is 0.712. The van der Waals surface area contributed by atoms with Gasteiger partial charge in [-0.3, -0.25) is 0 Å². The van der Waals surface area contributed by atoms with Crippen LogP contribution in [0, 0.1) is 5.92 Å². The molecule has 2 aliphatic rings. The summed E-state index contributed by atoms with van der Waals surface area (Å²) < 4.78 is 5.14. The van der Waals surface area contributed by atoms with Gasteiger partial charge in [0.05, 0.1) is 0 Å². The third kappa shape index (κ3) is 1.30. The number of allylic oxidation sites excluding steroid dienone is 1. The van der Waals surface area contributed by atoms with E-state index in [0.29, 0.717) is 12.8 Å². The lowest BCUT2D eigenvalue weighted by Gasteiger charge is -2.41. The average Bonchev–Trinajstić information content (AvgIpc) is 2.86. The maximum atomic E-state index is 10.5. The summed E-state index contributed by atoms with van der Waals surface area (Å²) in [5, 5.41) is 50.0. The van der Waals surface area contributed by atoms with E-state index in [4.69, 9.17) is 9.84 Å². The summed E-state index contributed by atoms with van der Waals surface area (Å²) in [6.45, 7) is 2.70. The van der Waals surface area contributed by atoms with Gasteiger partial charge in [0.1, 0.15) is 18.0 Å². The van der Waals surface area contributed by atoms with Crippen LogP contribution in [0.15, 0.2) is 11.8 Å². The number of hydrogen-bond acceptors (Lipinski definition) is 6. The van der Waals surface area contributed by atoms with Crippen LogP contribution in [0.25, 0.3) is 0 Å². The SMILES string of the molecule is CC/C=C1\O[C@@](O)(CO)[C@@H](O)[C@@]2(O)C(CC)[C@@]12O. The van der Waals surface area contributed by atoms with Gasteiger partial charge < -0.3 is 30.3 Å². The first-order chi connectivity index (χ1) is 8.32. The second-order valence-electron chi connectivity index (χ2n) is 5.04. The third-order valence-electron chi connectivity index (χ3n) is 4.09. The highest BCUT2D eigenvalue weighted by Crippen LogP contribution is 2.66. The number of rotatable bonds is 3. The Hall–Kier alpha value is -0.660. The van der Waals surface area contributed by atoms with Crippen LogP contribution in [0.4, 0.5) is 0 Å². The van der Waals surface area contributed by atoms with Crippen LogP contribution >= 0.6 is 0 Å². The van der Waals surface area contributed by atoms with E-state index >= 15 is 0 Å². The van der Waals surface area contributed by atoms with Crippen LogP contribution in [-0.4, -0.2) is 55.2 Å². The van der Waals surface area contributed by atoms with Crippen LogP contribution in [0.5, 0.6) is 0 Å². The smallest absolute Gasteiger partial charge is 0.260 e. The first-order valence-corrected chi connectivity index (χ1v) is 6.18. The van der Waals surface area contributed by atoms with Crippen LogP contribution in [0.3, 0.4) is 0 Å². The lowest BCUT2D eigenvalue weighted by molar-refractivity contribution is -0.309. The molecule has 6 nitrogen and oxygen atoms in total. The van der Waals surface area contributed by atoms with Crippen molar-refractivity contribution >= 4 is 0 Å². The van der Waals surface area contributed by atoms with Crippen molar-refractivity contribution in [2.75, 3.05) is 6.61 Å². The molecule has 1 unspecified atom stereocenters. The molecule has 0 aromatic rings. The van der Waals surface area contributed by atoms with Gasteiger partial charge in [-0.05, 0) is 18.9 Å². The Bertz CT molecular complexity index is 383. The zero-order valence-electron chi connectivity index (χ0n) is 10.5. The van der Waals surface area contributed by atoms with Crippen LogP contribution in [0.2, 0.25) is 0 Å². The molecule has 0 bridgehead atoms. The van der Waals surface area contributed by atoms with Gasteiger partial charge in [0.2, 0.25) is 0 Å². The molecule has 0 spiro atoms. The molecule has 104 valence electrons. The highest BCUT2D eigenvalue weighted by molar-refractivity contribution is 5.43. The highest BCUT2D eigenvalue weighted by atomic mass is 16.7. The van der Waals surface area contributed by atoms with Crippen molar-refractivity contribution in [3.8, 4) is 0 Å². The lowest BCUT2D eigenvalue weighted by Crippen LogP contribution is -2.62. The van der Waals surface area contributed by atoms with Crippen molar-refractivity contribution < 1.29 is 30.3 Å². The number of hydrogen-bond donors (Lipinski definition) is 5. The standard InChI is InChI=1S/C12H20O6/c1-3-5-8-11(16)7(4-2)12(11,17)9(14)10(15,6-13)18-8/h5,7,9,13-17H,3-4,6H2,1-2H3/b8-5-/t7?,9-,10+,11-,12+/m1/s1. The molecule has 0 radical (unpaired) electrons. The largest absolute Gasteiger partial charge is 0.459 e. The second-order valence-corrected chi connectivity index (χ2v) is 5.04. The Kier molecular flexibility index (Phi) is 2.99. The van der Waals surface area contributed by atoms with Crippen molar-refractivity contribution in [2.24, 2.45) is 5.92 Å². The van der Waals surface area contributed by atoms with E-state index in [-0.39, 0.29) is 5.76 Å². The lowest BCUT2D eigenvalue weighted by atomic mass is 9.94. The maximum absolute atomic E-state index is 10.5. The fourth-order valence-corrected chi connectivity index (χ4v) is 3.09. The first-order valence-electron chi connectivity index (χ1n) is 6.18. The predicted molar refractivity (Wildman–Crippen MR) is 61.2 cm³/mol. The second kappa shape index (κ2) is 3.91. The summed E-state index contributed by atoms with van der Waals surface area (Å²) in [5.74, 6) is -2.90. The predicted octanol–water partition coefficient (Wildman–Crippen LogP) is -1.15. The van der Waals surface area contributed by atoms with Crippen molar-refractivity contribution in [3.05, 3.63) is 11.8 Å². The Morgan fingerprint density at radius 3 is 2.33 bits per heavy atom. The van der Waals surface area contributed by atoms with Gasteiger partial charge >= 0.3 is 0 Å². The number of fused-ring (bicyclic) bond motifs is 1. The molecule has 2 fully saturated rings. The Balaban J connectivity index is 2.47. The molecule has 5 N–H and O–H groups in total. The summed E-state index contributed by atoms with van der Waals surface area (Å²) in [6, 6.07) is 0. The molecular formula is C12H20O6. The Morgan fingerprint density at radius 1 is 1.28 bits per heavy atom. The van der Waals surface area contributed by atoms with Gasteiger partial charge in [-0.2, -0.15) is 0 Å². The van der Waals surface area contributed by atoms with Gasteiger partial charge in [0, 0.05) is 5.92 Å². The first kappa shape index (κ1) is 13.8. The summed E-state index contributed by atoms with van der Waals surface area (Å²) in [4.78, 5) is 0. The number of ether oxygens (including phenoxy) is 1. The topological polar surface area (TPSA) is 110 Å². The normalized spacial score (nSPS) is 52.9. The molecule has 1 heterocycles. The average molecular weight is 260 g/mol. The molecular weight excluding hydrogens is 240 g/mol. The third-order valence-corrected chi connectivity index (χ3v) is 4.09. The summed E-state index contributed by atoms with van der Waals surface area (Å²) >= 11 is 0. The van der Waals surface area contributed by atoms with Gasteiger partial charge in [-0.25, -0.2) is 0 Å². The van der Waals surface area contributed by atoms with Crippen molar-refractivity contribution in [1.29, 1.82) is 0 Å². The molecule has 0 aromatic heterocycles. The van der Waals surface area contributed by atoms with E-state index in [2.05, 4.69) is 0 Å². The zero-order valence-corrected chi connectivity index (χ0v) is 10.5. The van der Waals surface area contributed by atoms with Crippen molar-refractivity contribution in [1.82, 2.24) is 0 Å². The quantitative estimate of drug-likeness (QED) is 0.438. The minimum Gasteiger partial charge on any atom is -0.459 e. The molecule has 2 rings (SSSR count). The van der Waals surface area contributed by atoms with Crippen LogP contribution in [0.1, 0.15) is 26.7 Å². The Labute approximate surface area is 105 Å². The molecule has 0 aromatic carbocycles. The maximum Gasteiger partial charge on any atom is 0.260 e. The molecule has 6 heteroatoms. The molecule has 1 saturated carbocycles. The van der Waals surface area contributed by atoms with E-state index in [1.54, 1.807) is 6.92 Å². The fourth-order valence-electron chi connectivity index (χ4n) is 3.09. The van der Waals surface area contributed by atoms with Gasteiger partial charge in [0.15, 0.2) is 11.7 Å². The molecule has 1 saturated heterocycles. The zero-order chi connectivity index (χ0) is 13.8. The van der Waals surface area contributed by atoms with E-state index < -0.39 is 35.6 Å². The number of aliphatic hydroxyl groups excluding tert-OH is 2. The summed E-state index contributed by atoms with van der Waals surface area (Å²) in [5.41, 5.74) is -3.56. The summed E-state index contributed by atoms with van der Waals surface area (Å²) in [7, 11) is 0. The Morgan fingerprint density at radius 2 is 1.89 bits per heavy atom. The highest BCUT2D eigenvalue weighted by Gasteiger charge is 2.86. The monoisotopic (exact) mass is 260 g/mol. The van der Waals surface area contributed by atoms with Crippen LogP contribution in [-0.2, 0) is 4.74 Å². The van der Waals surface area contributed by atoms with E-state index in [1.807, 2.05) is 6.92 Å². The van der Waals surface area contributed by atoms with Gasteiger partial charge in [-0.1, -0.05) is 13.8 Å². The molecule has 1 aliphatic carbocycles. The van der Waals surface area contributed by atoms with Crippen molar-refractivity contribution in [3.63, 3.8) is 0 Å². The van der Waals surface area contributed by atoms with Crippen LogP contribution < -0.4 is 0 Å². The molecule has 0 amide bonds. The minimum atomic E-state index is -2.29. The molecule has 18 heavy (non-hydrogen) atoms. The fraction of sp³-hybridized carbons (Fsp3) is 0.833. The van der Waals surface area contributed by atoms with Crippen molar-refractivity contribution in [2.45, 2.75) is 49.8 Å². The minimum absolute atomic E-state index is 0.0150. The van der Waals surface area contributed by atoms with E-state index in [9.17, 15) is 20.4 Å².